The van der Waals surface area contributed by atoms with Crippen molar-refractivity contribution in [2.24, 2.45) is 0 Å². The molecular formula is C21H24O2. The summed E-state index contributed by atoms with van der Waals surface area (Å²) < 4.78 is 5.80. The second-order valence-corrected chi connectivity index (χ2v) is 6.16. The third kappa shape index (κ3) is 3.17. The van der Waals surface area contributed by atoms with Crippen molar-refractivity contribution >= 4 is 22.3 Å². The Labute approximate surface area is 138 Å². The topological polar surface area (TPSA) is 26.3 Å². The van der Waals surface area contributed by atoms with E-state index >= 15 is 0 Å². The first-order valence-electron chi connectivity index (χ1n) is 8.66. The molecular weight excluding hydrogens is 284 g/mol. The van der Waals surface area contributed by atoms with Crippen LogP contribution >= 0.6 is 0 Å². The average Bonchev–Trinajstić information content (AvgIpc) is 2.57. The second-order valence-electron chi connectivity index (χ2n) is 6.16. The Kier molecular flexibility index (Phi) is 4.80. The highest BCUT2D eigenvalue weighted by Gasteiger charge is 2.24. The monoisotopic (exact) mass is 308 g/mol. The van der Waals surface area contributed by atoms with Gasteiger partial charge in [0.05, 0.1) is 0 Å². The normalized spacial score (nSPS) is 16.3. The molecule has 0 spiro atoms. The molecule has 0 saturated heterocycles. The summed E-state index contributed by atoms with van der Waals surface area (Å²) in [5.74, 6) is -0.0912. The van der Waals surface area contributed by atoms with Gasteiger partial charge in [-0.05, 0) is 40.8 Å². The summed E-state index contributed by atoms with van der Waals surface area (Å²) in [6.07, 6.45) is 6.42. The fraction of sp³-hybridized carbons (Fsp3) is 0.381. The van der Waals surface area contributed by atoms with Gasteiger partial charge in [0.1, 0.15) is 6.10 Å². The Morgan fingerprint density at radius 1 is 1.09 bits per heavy atom. The Morgan fingerprint density at radius 3 is 2.61 bits per heavy atom. The van der Waals surface area contributed by atoms with Crippen LogP contribution in [0.15, 0.2) is 42.5 Å². The van der Waals surface area contributed by atoms with Gasteiger partial charge in [-0.25, -0.2) is 0 Å². The molecule has 0 amide bonds. The number of rotatable bonds is 6. The molecule has 0 bridgehead atoms. The lowest BCUT2D eigenvalue weighted by atomic mass is 9.86. The van der Waals surface area contributed by atoms with E-state index in [0.29, 0.717) is 6.42 Å². The third-order valence-electron chi connectivity index (χ3n) is 4.57. The zero-order valence-electron chi connectivity index (χ0n) is 14.0. The van der Waals surface area contributed by atoms with Gasteiger partial charge < -0.3 is 4.74 Å². The third-order valence-corrected chi connectivity index (χ3v) is 4.57. The number of carbonyl (C=O) groups is 1. The number of benzene rings is 2. The zero-order valence-corrected chi connectivity index (χ0v) is 14.0. The van der Waals surface area contributed by atoms with Crippen LogP contribution in [0.2, 0.25) is 0 Å². The highest BCUT2D eigenvalue weighted by molar-refractivity contribution is 5.98. The number of allylic oxidation sites excluding steroid dienone is 1. The molecule has 0 N–H and O–H groups in total. The van der Waals surface area contributed by atoms with Gasteiger partial charge in [0.15, 0.2) is 0 Å². The van der Waals surface area contributed by atoms with E-state index in [1.807, 2.05) is 6.07 Å². The van der Waals surface area contributed by atoms with E-state index in [2.05, 4.69) is 50.3 Å². The molecule has 0 aromatic heterocycles. The first-order chi connectivity index (χ1) is 11.2. The number of unbranched alkanes of at least 4 members (excludes halogenated alkanes) is 2. The first kappa shape index (κ1) is 15.8. The maximum Gasteiger partial charge on any atom is 0.306 e. The van der Waals surface area contributed by atoms with Crippen molar-refractivity contribution in [1.82, 2.24) is 0 Å². The summed E-state index contributed by atoms with van der Waals surface area (Å²) in [5.41, 5.74) is 3.65. The molecule has 2 aromatic rings. The maximum atomic E-state index is 12.2. The molecule has 2 aromatic carbocycles. The van der Waals surface area contributed by atoms with Crippen LogP contribution in [0.4, 0.5) is 0 Å². The Bertz CT molecular complexity index is 737. The summed E-state index contributed by atoms with van der Waals surface area (Å²) in [5, 5.41) is 2.45. The zero-order chi connectivity index (χ0) is 16.2. The van der Waals surface area contributed by atoms with Gasteiger partial charge in [-0.15, -0.1) is 0 Å². The number of carbonyl (C=O) groups excluding carboxylic acids is 1. The standard InChI is InChI=1S/C21H24O2/c1-3-5-6-13-20(22)23-19-14-15(4-2)17-11-7-9-16-10-8-12-18(19)21(16)17/h7-12,14,19H,3-6,13H2,1-2H3. The minimum Gasteiger partial charge on any atom is -0.453 e. The molecule has 0 fully saturated rings. The van der Waals surface area contributed by atoms with Gasteiger partial charge in [0.2, 0.25) is 0 Å². The van der Waals surface area contributed by atoms with E-state index in [-0.39, 0.29) is 12.1 Å². The van der Waals surface area contributed by atoms with Crippen LogP contribution in [0.5, 0.6) is 0 Å². The fourth-order valence-electron chi connectivity index (χ4n) is 3.36. The lowest BCUT2D eigenvalue weighted by Crippen LogP contribution is -2.13. The quantitative estimate of drug-likeness (QED) is 0.497. The molecule has 1 atom stereocenters. The first-order valence-corrected chi connectivity index (χ1v) is 8.66. The van der Waals surface area contributed by atoms with Gasteiger partial charge in [-0.3, -0.25) is 4.79 Å². The van der Waals surface area contributed by atoms with Crippen LogP contribution in [0.3, 0.4) is 0 Å². The smallest absolute Gasteiger partial charge is 0.306 e. The molecule has 0 saturated carbocycles. The molecule has 2 heteroatoms. The van der Waals surface area contributed by atoms with Crippen molar-refractivity contribution in [2.75, 3.05) is 0 Å². The van der Waals surface area contributed by atoms with E-state index in [9.17, 15) is 4.79 Å². The lowest BCUT2D eigenvalue weighted by Gasteiger charge is -2.25. The minimum atomic E-state index is -0.252. The summed E-state index contributed by atoms with van der Waals surface area (Å²) in [7, 11) is 0. The van der Waals surface area contributed by atoms with Gasteiger partial charge >= 0.3 is 5.97 Å². The Hall–Kier alpha value is -2.09. The molecule has 1 aliphatic rings. The molecule has 1 aliphatic carbocycles. The van der Waals surface area contributed by atoms with Crippen molar-refractivity contribution in [2.45, 2.75) is 52.1 Å². The Balaban J connectivity index is 1.92. The van der Waals surface area contributed by atoms with E-state index in [1.54, 1.807) is 0 Å². The summed E-state index contributed by atoms with van der Waals surface area (Å²) in [6.45, 7) is 4.29. The van der Waals surface area contributed by atoms with E-state index < -0.39 is 0 Å². The number of hydrogen-bond acceptors (Lipinski definition) is 2. The Morgan fingerprint density at radius 2 is 1.87 bits per heavy atom. The maximum absolute atomic E-state index is 12.2. The predicted molar refractivity (Wildman–Crippen MR) is 95.2 cm³/mol. The van der Waals surface area contributed by atoms with Gasteiger partial charge in [0.25, 0.3) is 0 Å². The van der Waals surface area contributed by atoms with Crippen LogP contribution < -0.4 is 0 Å². The van der Waals surface area contributed by atoms with Crippen molar-refractivity contribution in [3.8, 4) is 0 Å². The van der Waals surface area contributed by atoms with Crippen LogP contribution in [-0.2, 0) is 9.53 Å². The summed E-state index contributed by atoms with van der Waals surface area (Å²) >= 11 is 0. The molecule has 3 rings (SSSR count). The van der Waals surface area contributed by atoms with Crippen LogP contribution in [0, 0.1) is 0 Å². The average molecular weight is 308 g/mol. The fourth-order valence-corrected chi connectivity index (χ4v) is 3.36. The number of hydrogen-bond donors (Lipinski definition) is 0. The second kappa shape index (κ2) is 6.99. The van der Waals surface area contributed by atoms with Gasteiger partial charge in [-0.2, -0.15) is 0 Å². The van der Waals surface area contributed by atoms with Crippen molar-refractivity contribution in [1.29, 1.82) is 0 Å². The van der Waals surface area contributed by atoms with Gasteiger partial charge in [-0.1, -0.05) is 63.1 Å². The van der Waals surface area contributed by atoms with Crippen molar-refractivity contribution in [3.05, 3.63) is 53.6 Å². The lowest BCUT2D eigenvalue weighted by molar-refractivity contribution is -0.147. The largest absolute Gasteiger partial charge is 0.453 e. The van der Waals surface area contributed by atoms with E-state index in [1.165, 1.54) is 21.9 Å². The SMILES string of the molecule is CCCCCC(=O)OC1C=C(CC)c2cccc3cccc1c23. The summed E-state index contributed by atoms with van der Waals surface area (Å²) in [6, 6.07) is 12.6. The molecule has 23 heavy (non-hydrogen) atoms. The van der Waals surface area contributed by atoms with Gasteiger partial charge in [0, 0.05) is 12.0 Å². The molecule has 2 nitrogen and oxygen atoms in total. The molecule has 0 heterocycles. The van der Waals surface area contributed by atoms with Crippen LogP contribution in [0.1, 0.15) is 63.2 Å². The van der Waals surface area contributed by atoms with Crippen molar-refractivity contribution < 1.29 is 9.53 Å². The van der Waals surface area contributed by atoms with Crippen LogP contribution in [0.25, 0.3) is 16.3 Å². The molecule has 0 radical (unpaired) electrons. The van der Waals surface area contributed by atoms with Crippen molar-refractivity contribution in [3.63, 3.8) is 0 Å². The minimum absolute atomic E-state index is 0.0912. The number of esters is 1. The molecule has 1 unspecified atom stereocenters. The van der Waals surface area contributed by atoms with E-state index in [4.69, 9.17) is 4.74 Å². The molecule has 0 aliphatic heterocycles. The van der Waals surface area contributed by atoms with E-state index in [0.717, 1.165) is 31.2 Å². The van der Waals surface area contributed by atoms with Crippen LogP contribution in [-0.4, -0.2) is 5.97 Å². The highest BCUT2D eigenvalue weighted by atomic mass is 16.5. The summed E-state index contributed by atoms with van der Waals surface area (Å²) in [4.78, 5) is 12.2. The number of ether oxygens (including phenoxy) is 1. The highest BCUT2D eigenvalue weighted by Crippen LogP contribution is 2.40. The molecule has 120 valence electrons. The predicted octanol–water partition coefficient (Wildman–Crippen LogP) is 5.81.